The van der Waals surface area contributed by atoms with Crippen molar-refractivity contribution in [2.75, 3.05) is 0 Å². The maximum absolute atomic E-state index is 14.1. The first-order valence-corrected chi connectivity index (χ1v) is 8.12. The highest BCUT2D eigenvalue weighted by atomic mass is 19.3. The molecule has 3 nitrogen and oxygen atoms in total. The molecule has 0 spiro atoms. The second-order valence-corrected chi connectivity index (χ2v) is 6.50. The minimum absolute atomic E-state index is 0.331. The number of nitrogens with zero attached hydrogens (tertiary/aromatic N) is 3. The molecule has 0 bridgehead atoms. The Morgan fingerprint density at radius 3 is 2.58 bits per heavy atom. The number of alkyl halides is 4. The zero-order valence-electron chi connectivity index (χ0n) is 13.5. The zero-order chi connectivity index (χ0) is 18.5. The summed E-state index contributed by atoms with van der Waals surface area (Å²) in [5, 5.41) is 3.98. The van der Waals surface area contributed by atoms with E-state index in [9.17, 15) is 22.0 Å². The third-order valence-corrected chi connectivity index (χ3v) is 4.59. The van der Waals surface area contributed by atoms with Crippen LogP contribution in [-0.2, 0) is 6.54 Å². The fourth-order valence-electron chi connectivity index (χ4n) is 2.97. The van der Waals surface area contributed by atoms with Gasteiger partial charge >= 0.3 is 0 Å². The van der Waals surface area contributed by atoms with Crippen molar-refractivity contribution in [1.82, 2.24) is 14.8 Å². The van der Waals surface area contributed by atoms with Crippen LogP contribution < -0.4 is 0 Å². The molecule has 8 heteroatoms. The number of aromatic nitrogens is 3. The Balaban J connectivity index is 1.73. The number of hydrogen-bond donors (Lipinski definition) is 0. The van der Waals surface area contributed by atoms with Crippen LogP contribution in [0.15, 0.2) is 36.7 Å². The van der Waals surface area contributed by atoms with Gasteiger partial charge in [0.05, 0.1) is 17.3 Å². The van der Waals surface area contributed by atoms with Crippen molar-refractivity contribution in [3.63, 3.8) is 0 Å². The van der Waals surface area contributed by atoms with Crippen molar-refractivity contribution in [2.45, 2.75) is 31.7 Å². The molecule has 1 aromatic carbocycles. The summed E-state index contributed by atoms with van der Waals surface area (Å²) in [7, 11) is 0. The lowest BCUT2D eigenvalue weighted by molar-refractivity contribution is -0.0403. The van der Waals surface area contributed by atoms with Gasteiger partial charge in [0.2, 0.25) is 0 Å². The van der Waals surface area contributed by atoms with Gasteiger partial charge in [0.15, 0.2) is 0 Å². The second-order valence-electron chi connectivity index (χ2n) is 6.50. The van der Waals surface area contributed by atoms with Crippen molar-refractivity contribution >= 4 is 11.0 Å². The van der Waals surface area contributed by atoms with Crippen LogP contribution in [0.3, 0.4) is 0 Å². The number of rotatable bonds is 5. The van der Waals surface area contributed by atoms with Gasteiger partial charge in [-0.2, -0.15) is 5.10 Å². The summed E-state index contributed by atoms with van der Waals surface area (Å²) in [6.07, 6.45) is 0.866. The van der Waals surface area contributed by atoms with E-state index in [1.54, 1.807) is 6.07 Å². The van der Waals surface area contributed by atoms with Crippen LogP contribution in [0.25, 0.3) is 22.2 Å². The Bertz CT molecular complexity index is 963. The fourth-order valence-corrected chi connectivity index (χ4v) is 2.97. The van der Waals surface area contributed by atoms with Crippen molar-refractivity contribution < 1.29 is 22.0 Å². The number of hydrogen-bond acceptors (Lipinski definition) is 2. The zero-order valence-corrected chi connectivity index (χ0v) is 13.5. The van der Waals surface area contributed by atoms with E-state index in [0.717, 1.165) is 12.1 Å². The predicted octanol–water partition coefficient (Wildman–Crippen LogP) is 5.22. The maximum atomic E-state index is 14.1. The number of fused-ring (bicyclic) bond motifs is 1. The lowest BCUT2D eigenvalue weighted by Crippen LogP contribution is -2.26. The van der Waals surface area contributed by atoms with E-state index in [2.05, 4.69) is 10.1 Å². The standard InChI is InChI=1S/C18H14F5N3/c19-14-4-1-10(5-13(14)17(20)21)11-6-16-15(24-7-11)8-25-26(16)9-18(22,23)12-2-3-12/h1,4-8,12,17H,2-3,9H2. The monoisotopic (exact) mass is 367 g/mol. The second kappa shape index (κ2) is 6.03. The molecule has 0 aliphatic heterocycles. The molecule has 0 radical (unpaired) electrons. The van der Waals surface area contributed by atoms with E-state index in [-0.39, 0.29) is 0 Å². The van der Waals surface area contributed by atoms with E-state index in [1.165, 1.54) is 23.1 Å². The topological polar surface area (TPSA) is 30.7 Å². The summed E-state index contributed by atoms with van der Waals surface area (Å²) in [5.41, 5.74) is 0.854. The summed E-state index contributed by atoms with van der Waals surface area (Å²) in [4.78, 5) is 4.16. The highest BCUT2D eigenvalue weighted by Gasteiger charge is 2.47. The van der Waals surface area contributed by atoms with E-state index in [4.69, 9.17) is 0 Å². The smallest absolute Gasteiger partial charge is 0.257 e. The molecule has 3 aromatic rings. The molecule has 0 atom stereocenters. The van der Waals surface area contributed by atoms with Gasteiger partial charge in [-0.05, 0) is 36.6 Å². The lowest BCUT2D eigenvalue weighted by atomic mass is 10.0. The van der Waals surface area contributed by atoms with Gasteiger partial charge in [-0.3, -0.25) is 9.67 Å². The molecule has 26 heavy (non-hydrogen) atoms. The SMILES string of the molecule is Fc1ccc(-c2cnc3cnn(CC(F)(F)C4CC4)c3c2)cc1C(F)F. The molecule has 136 valence electrons. The Kier molecular flexibility index (Phi) is 3.93. The minimum atomic E-state index is -2.95. The van der Waals surface area contributed by atoms with Crippen molar-refractivity contribution in [3.8, 4) is 11.1 Å². The minimum Gasteiger partial charge on any atom is -0.257 e. The van der Waals surface area contributed by atoms with Crippen LogP contribution in [0.5, 0.6) is 0 Å². The number of halogens is 5. The molecular weight excluding hydrogens is 353 g/mol. The summed E-state index contributed by atoms with van der Waals surface area (Å²) in [5.74, 6) is -4.47. The molecule has 1 aliphatic carbocycles. The number of benzene rings is 1. The van der Waals surface area contributed by atoms with E-state index in [0.29, 0.717) is 35.0 Å². The molecular formula is C18H14F5N3. The van der Waals surface area contributed by atoms with Crippen LogP contribution >= 0.6 is 0 Å². The average Bonchev–Trinajstić information content (AvgIpc) is 3.39. The first-order valence-electron chi connectivity index (χ1n) is 8.12. The highest BCUT2D eigenvalue weighted by Crippen LogP contribution is 2.44. The summed E-state index contributed by atoms with van der Waals surface area (Å²) >= 11 is 0. The fraction of sp³-hybridized carbons (Fsp3) is 0.333. The molecule has 1 fully saturated rings. The third-order valence-electron chi connectivity index (χ3n) is 4.59. The van der Waals surface area contributed by atoms with Crippen molar-refractivity contribution in [1.29, 1.82) is 0 Å². The maximum Gasteiger partial charge on any atom is 0.270 e. The molecule has 0 amide bonds. The van der Waals surface area contributed by atoms with E-state index >= 15 is 0 Å². The Labute approximate surface area is 145 Å². The van der Waals surface area contributed by atoms with Gasteiger partial charge in [0, 0.05) is 17.7 Å². The van der Waals surface area contributed by atoms with Crippen molar-refractivity contribution in [2.24, 2.45) is 5.92 Å². The van der Waals surface area contributed by atoms with Gasteiger partial charge in [0.25, 0.3) is 12.3 Å². The lowest BCUT2D eigenvalue weighted by Gasteiger charge is -2.16. The van der Waals surface area contributed by atoms with Crippen LogP contribution in [0.1, 0.15) is 24.8 Å². The van der Waals surface area contributed by atoms with Gasteiger partial charge in [-0.25, -0.2) is 22.0 Å². The normalized spacial score (nSPS) is 15.2. The number of pyridine rings is 1. The molecule has 0 N–H and O–H groups in total. The van der Waals surface area contributed by atoms with Crippen LogP contribution in [0, 0.1) is 11.7 Å². The summed E-state index contributed by atoms with van der Waals surface area (Å²) < 4.78 is 68.7. The molecule has 1 saturated carbocycles. The highest BCUT2D eigenvalue weighted by molar-refractivity contribution is 5.80. The van der Waals surface area contributed by atoms with Gasteiger partial charge in [0.1, 0.15) is 17.9 Å². The van der Waals surface area contributed by atoms with Crippen LogP contribution in [0.4, 0.5) is 22.0 Å². The quantitative estimate of drug-likeness (QED) is 0.579. The molecule has 0 unspecified atom stereocenters. The summed E-state index contributed by atoms with van der Waals surface area (Å²) in [6.45, 7) is -0.558. The molecule has 2 heterocycles. The third kappa shape index (κ3) is 3.04. The van der Waals surface area contributed by atoms with E-state index in [1.807, 2.05) is 0 Å². The first-order chi connectivity index (χ1) is 12.3. The van der Waals surface area contributed by atoms with Gasteiger partial charge < -0.3 is 0 Å². The Morgan fingerprint density at radius 2 is 1.88 bits per heavy atom. The van der Waals surface area contributed by atoms with Crippen molar-refractivity contribution in [3.05, 3.63) is 48.0 Å². The van der Waals surface area contributed by atoms with Gasteiger partial charge in [-0.1, -0.05) is 6.07 Å². The molecule has 2 aromatic heterocycles. The Morgan fingerprint density at radius 1 is 1.12 bits per heavy atom. The Hall–Kier alpha value is -2.51. The molecule has 4 rings (SSSR count). The van der Waals surface area contributed by atoms with Gasteiger partial charge in [-0.15, -0.1) is 0 Å². The average molecular weight is 367 g/mol. The summed E-state index contributed by atoms with van der Waals surface area (Å²) in [6, 6.07) is 4.91. The molecule has 0 saturated heterocycles. The van der Waals surface area contributed by atoms with E-state index < -0.39 is 36.2 Å². The molecule has 1 aliphatic rings. The first kappa shape index (κ1) is 16.9. The largest absolute Gasteiger partial charge is 0.270 e. The van der Waals surface area contributed by atoms with Crippen LogP contribution in [-0.4, -0.2) is 20.7 Å². The van der Waals surface area contributed by atoms with Crippen LogP contribution in [0.2, 0.25) is 0 Å². The predicted molar refractivity (Wildman–Crippen MR) is 85.6 cm³/mol.